The van der Waals surface area contributed by atoms with Gasteiger partial charge in [0.05, 0.1) is 34.9 Å². The summed E-state index contributed by atoms with van der Waals surface area (Å²) in [5, 5.41) is 28.4. The standard InChI is InChI=1S/C24H19N3O5S/c1-32-23-17(28)13-12-16(21(23)27(30)31)20-18(22(29)15-10-6-3-7-11-15)19(25-24(33)26-20)14-8-4-2-5-9-14/h2-13,20,28H,1H3,(H2,25,26,33). The first-order valence-electron chi connectivity index (χ1n) is 9.93. The molecule has 33 heavy (non-hydrogen) atoms. The Hall–Kier alpha value is -4.24. The molecule has 0 fully saturated rings. The monoisotopic (exact) mass is 461 g/mol. The minimum atomic E-state index is -0.975. The van der Waals surface area contributed by atoms with E-state index in [0.717, 1.165) is 0 Å². The van der Waals surface area contributed by atoms with Gasteiger partial charge in [-0.05, 0) is 29.9 Å². The molecule has 0 bridgehead atoms. The molecule has 3 N–H and O–H groups in total. The molecule has 4 rings (SSSR count). The summed E-state index contributed by atoms with van der Waals surface area (Å²) in [7, 11) is 1.23. The largest absolute Gasteiger partial charge is 0.504 e. The number of benzene rings is 3. The molecule has 0 spiro atoms. The number of carbonyl (C=O) groups is 1. The van der Waals surface area contributed by atoms with Crippen LogP contribution in [0.2, 0.25) is 0 Å². The highest BCUT2D eigenvalue weighted by Crippen LogP contribution is 2.44. The van der Waals surface area contributed by atoms with Crippen LogP contribution in [-0.4, -0.2) is 28.0 Å². The number of ether oxygens (including phenoxy) is 1. The summed E-state index contributed by atoms with van der Waals surface area (Å²) < 4.78 is 5.12. The third kappa shape index (κ3) is 4.13. The second-order valence-corrected chi connectivity index (χ2v) is 7.60. The van der Waals surface area contributed by atoms with Crippen LogP contribution in [0.3, 0.4) is 0 Å². The summed E-state index contributed by atoms with van der Waals surface area (Å²) in [5.74, 6) is -1.01. The van der Waals surface area contributed by atoms with Crippen molar-refractivity contribution in [1.29, 1.82) is 0 Å². The van der Waals surface area contributed by atoms with E-state index in [2.05, 4.69) is 10.6 Å². The fourth-order valence-corrected chi connectivity index (χ4v) is 4.04. The molecule has 0 saturated carbocycles. The Labute approximate surface area is 194 Å². The van der Waals surface area contributed by atoms with E-state index in [4.69, 9.17) is 17.0 Å². The van der Waals surface area contributed by atoms with Gasteiger partial charge in [0, 0.05) is 5.56 Å². The van der Waals surface area contributed by atoms with E-state index < -0.39 is 16.7 Å². The molecule has 0 saturated heterocycles. The second kappa shape index (κ2) is 9.09. The topological polar surface area (TPSA) is 114 Å². The minimum Gasteiger partial charge on any atom is -0.504 e. The van der Waals surface area contributed by atoms with E-state index in [1.807, 2.05) is 30.3 Å². The van der Waals surface area contributed by atoms with Crippen LogP contribution in [0, 0.1) is 10.1 Å². The second-order valence-electron chi connectivity index (χ2n) is 7.19. The zero-order valence-electron chi connectivity index (χ0n) is 17.4. The Bertz CT molecular complexity index is 1280. The lowest BCUT2D eigenvalue weighted by atomic mass is 9.86. The van der Waals surface area contributed by atoms with E-state index in [1.54, 1.807) is 30.3 Å². The normalized spacial score (nSPS) is 15.4. The quantitative estimate of drug-likeness (QED) is 0.217. The molecule has 3 aromatic rings. The van der Waals surface area contributed by atoms with Crippen molar-refractivity contribution in [2.24, 2.45) is 0 Å². The zero-order valence-corrected chi connectivity index (χ0v) is 18.3. The smallest absolute Gasteiger partial charge is 0.320 e. The van der Waals surface area contributed by atoms with Crippen molar-refractivity contribution in [1.82, 2.24) is 10.6 Å². The Morgan fingerprint density at radius 2 is 1.70 bits per heavy atom. The number of rotatable bonds is 6. The van der Waals surface area contributed by atoms with E-state index in [-0.39, 0.29) is 33.5 Å². The number of thiocarbonyl (C=S) groups is 1. The van der Waals surface area contributed by atoms with Crippen molar-refractivity contribution in [2.75, 3.05) is 7.11 Å². The first kappa shape index (κ1) is 22.0. The summed E-state index contributed by atoms with van der Waals surface area (Å²) in [6.07, 6.45) is 0. The van der Waals surface area contributed by atoms with Crippen molar-refractivity contribution in [3.8, 4) is 11.5 Å². The Morgan fingerprint density at radius 1 is 1.06 bits per heavy atom. The minimum absolute atomic E-state index is 0.131. The number of hydrogen-bond acceptors (Lipinski definition) is 6. The molecule has 1 heterocycles. The Balaban J connectivity index is 2.02. The predicted molar refractivity (Wildman–Crippen MR) is 127 cm³/mol. The number of carbonyl (C=O) groups excluding carboxylic acids is 1. The van der Waals surface area contributed by atoms with Gasteiger partial charge in [-0.15, -0.1) is 0 Å². The number of ketones is 1. The highest BCUT2D eigenvalue weighted by Gasteiger charge is 2.38. The number of aromatic hydroxyl groups is 1. The molecule has 0 radical (unpaired) electrons. The zero-order chi connectivity index (χ0) is 23.5. The van der Waals surface area contributed by atoms with Gasteiger partial charge in [-0.25, -0.2) is 0 Å². The fraction of sp³-hybridized carbons (Fsp3) is 0.0833. The van der Waals surface area contributed by atoms with Gasteiger partial charge in [0.2, 0.25) is 5.75 Å². The van der Waals surface area contributed by atoms with Crippen molar-refractivity contribution >= 4 is 34.5 Å². The molecule has 3 aromatic carbocycles. The predicted octanol–water partition coefficient (Wildman–Crippen LogP) is 4.12. The number of nitro groups is 1. The lowest BCUT2D eigenvalue weighted by molar-refractivity contribution is -0.386. The lowest BCUT2D eigenvalue weighted by Gasteiger charge is -2.31. The van der Waals surface area contributed by atoms with Crippen LogP contribution >= 0.6 is 12.2 Å². The number of hydrogen-bond donors (Lipinski definition) is 3. The van der Waals surface area contributed by atoms with E-state index in [0.29, 0.717) is 16.8 Å². The molecule has 166 valence electrons. The maximum Gasteiger partial charge on any atom is 0.320 e. The van der Waals surface area contributed by atoms with Gasteiger partial charge >= 0.3 is 5.69 Å². The van der Waals surface area contributed by atoms with Gasteiger partial charge in [-0.2, -0.15) is 0 Å². The van der Waals surface area contributed by atoms with Crippen LogP contribution in [-0.2, 0) is 0 Å². The van der Waals surface area contributed by atoms with E-state index in [1.165, 1.54) is 19.2 Å². The third-order valence-corrected chi connectivity index (χ3v) is 5.47. The van der Waals surface area contributed by atoms with Gasteiger partial charge in [0.1, 0.15) is 0 Å². The molecule has 1 unspecified atom stereocenters. The Kier molecular flexibility index (Phi) is 6.05. The molecule has 0 aromatic heterocycles. The SMILES string of the molecule is COc1c(O)ccc(C2NC(=S)NC(c3ccccc3)=C2C(=O)c2ccccc2)c1[N+](=O)[O-]. The summed E-state index contributed by atoms with van der Waals surface area (Å²) in [5.41, 5.74) is 1.47. The summed E-state index contributed by atoms with van der Waals surface area (Å²) in [4.78, 5) is 25.1. The number of nitrogens with one attached hydrogen (secondary N) is 2. The maximum absolute atomic E-state index is 13.7. The van der Waals surface area contributed by atoms with Crippen LogP contribution in [0.1, 0.15) is 27.5 Å². The van der Waals surface area contributed by atoms with Crippen LogP contribution < -0.4 is 15.4 Å². The van der Waals surface area contributed by atoms with Gasteiger partial charge in [0.25, 0.3) is 0 Å². The van der Waals surface area contributed by atoms with E-state index in [9.17, 15) is 20.0 Å². The maximum atomic E-state index is 13.7. The van der Waals surface area contributed by atoms with Gasteiger partial charge in [-0.3, -0.25) is 14.9 Å². The summed E-state index contributed by atoms with van der Waals surface area (Å²) >= 11 is 5.39. The number of nitro benzene ring substituents is 1. The molecular weight excluding hydrogens is 442 g/mol. The van der Waals surface area contributed by atoms with Gasteiger partial charge in [0.15, 0.2) is 16.6 Å². The highest BCUT2D eigenvalue weighted by atomic mass is 32.1. The molecular formula is C24H19N3O5S. The van der Waals surface area contributed by atoms with Gasteiger partial charge in [-0.1, -0.05) is 60.7 Å². The summed E-state index contributed by atoms with van der Waals surface area (Å²) in [6, 6.07) is 19.5. The number of phenolic OH excluding ortho intramolecular Hbond substituents is 1. The van der Waals surface area contributed by atoms with Crippen molar-refractivity contribution in [3.05, 3.63) is 105 Å². The first-order valence-corrected chi connectivity index (χ1v) is 10.3. The van der Waals surface area contributed by atoms with Crippen molar-refractivity contribution in [2.45, 2.75) is 6.04 Å². The van der Waals surface area contributed by atoms with Crippen LogP contribution in [0.25, 0.3) is 5.70 Å². The average molecular weight is 461 g/mol. The van der Waals surface area contributed by atoms with Crippen LogP contribution in [0.4, 0.5) is 5.69 Å². The van der Waals surface area contributed by atoms with E-state index >= 15 is 0 Å². The number of methoxy groups -OCH3 is 1. The van der Waals surface area contributed by atoms with Crippen LogP contribution in [0.15, 0.2) is 78.4 Å². The van der Waals surface area contributed by atoms with Crippen LogP contribution in [0.5, 0.6) is 11.5 Å². The van der Waals surface area contributed by atoms with Gasteiger partial charge < -0.3 is 20.5 Å². The summed E-state index contributed by atoms with van der Waals surface area (Å²) in [6.45, 7) is 0. The molecule has 9 heteroatoms. The Morgan fingerprint density at radius 3 is 2.30 bits per heavy atom. The number of Topliss-reactive ketones (excluding diaryl/α,β-unsaturated/α-hetero) is 1. The molecule has 8 nitrogen and oxygen atoms in total. The fourth-order valence-electron chi connectivity index (χ4n) is 3.82. The highest BCUT2D eigenvalue weighted by molar-refractivity contribution is 7.80. The number of nitrogens with zero attached hydrogens (tertiary/aromatic N) is 1. The lowest BCUT2D eigenvalue weighted by Crippen LogP contribution is -2.45. The third-order valence-electron chi connectivity index (χ3n) is 5.25. The molecule has 1 atom stereocenters. The average Bonchev–Trinajstić information content (AvgIpc) is 2.83. The molecule has 0 amide bonds. The van der Waals surface area contributed by atoms with Crippen molar-refractivity contribution < 1.29 is 19.6 Å². The molecule has 0 aliphatic carbocycles. The number of phenols is 1. The molecule has 1 aliphatic rings. The van der Waals surface area contributed by atoms with Crippen molar-refractivity contribution in [3.63, 3.8) is 0 Å². The molecule has 1 aliphatic heterocycles. The first-order chi connectivity index (χ1) is 15.9.